The van der Waals surface area contributed by atoms with Crippen molar-refractivity contribution >= 4 is 23.2 Å². The Morgan fingerprint density at radius 2 is 2.18 bits per heavy atom. The molecule has 1 aliphatic rings. The number of hydrogen-bond acceptors (Lipinski definition) is 2. The molecule has 5 heteroatoms. The van der Waals surface area contributed by atoms with Crippen molar-refractivity contribution in [1.29, 1.82) is 0 Å². The van der Waals surface area contributed by atoms with E-state index >= 15 is 0 Å². The number of rotatable bonds is 3. The maximum Gasteiger partial charge on any atom is 0.207 e. The lowest BCUT2D eigenvalue weighted by Gasteiger charge is -2.09. The quantitative estimate of drug-likeness (QED) is 0.900. The predicted molar refractivity (Wildman–Crippen MR) is 65.2 cm³/mol. The van der Waals surface area contributed by atoms with Crippen LogP contribution in [0, 0.1) is 5.82 Å². The van der Waals surface area contributed by atoms with Gasteiger partial charge in [0.25, 0.3) is 0 Å². The zero-order valence-corrected chi connectivity index (χ0v) is 9.78. The lowest BCUT2D eigenvalue weighted by Crippen LogP contribution is -2.01. The Labute approximate surface area is 103 Å². The first-order valence-corrected chi connectivity index (χ1v) is 5.86. The van der Waals surface area contributed by atoms with Gasteiger partial charge in [0, 0.05) is 29.1 Å². The lowest BCUT2D eigenvalue weighted by molar-refractivity contribution is 0.628. The van der Waals surface area contributed by atoms with Crippen molar-refractivity contribution in [2.24, 2.45) is 0 Å². The molecule has 0 atom stereocenters. The highest BCUT2D eigenvalue weighted by atomic mass is 35.5. The smallest absolute Gasteiger partial charge is 0.207 e. The summed E-state index contributed by atoms with van der Waals surface area (Å²) in [6.45, 7) is 0. The summed E-state index contributed by atoms with van der Waals surface area (Å²) in [5, 5.41) is 3.46. The van der Waals surface area contributed by atoms with Gasteiger partial charge in [-0.1, -0.05) is 11.6 Å². The van der Waals surface area contributed by atoms with E-state index in [1.54, 1.807) is 12.3 Å². The molecule has 0 saturated heterocycles. The molecular formula is C12H11ClFN3. The second-order valence-corrected chi connectivity index (χ2v) is 4.61. The van der Waals surface area contributed by atoms with E-state index in [1.807, 2.05) is 6.20 Å². The van der Waals surface area contributed by atoms with Crippen LogP contribution in [0.25, 0.3) is 0 Å². The van der Waals surface area contributed by atoms with Crippen molar-refractivity contribution in [2.45, 2.75) is 18.9 Å². The molecule has 0 spiro atoms. The Morgan fingerprint density at radius 3 is 2.88 bits per heavy atom. The molecule has 0 radical (unpaired) electrons. The summed E-state index contributed by atoms with van der Waals surface area (Å²) in [5.74, 6) is 0.374. The molecule has 1 heterocycles. The fourth-order valence-corrected chi connectivity index (χ4v) is 2.03. The molecule has 1 saturated carbocycles. The first kappa shape index (κ1) is 10.6. The number of halogens is 2. The number of anilines is 2. The summed E-state index contributed by atoms with van der Waals surface area (Å²) in [7, 11) is 0. The molecule has 0 amide bonds. The Bertz CT molecular complexity index is 528. The first-order chi connectivity index (χ1) is 8.22. The van der Waals surface area contributed by atoms with Crippen molar-refractivity contribution in [1.82, 2.24) is 9.55 Å². The predicted octanol–water partition coefficient (Wildman–Crippen LogP) is 3.75. The van der Waals surface area contributed by atoms with Crippen molar-refractivity contribution < 1.29 is 4.39 Å². The Kier molecular flexibility index (Phi) is 2.52. The average Bonchev–Trinajstić information content (AvgIpc) is 2.99. The van der Waals surface area contributed by atoms with Crippen LogP contribution in [0.2, 0.25) is 5.02 Å². The van der Waals surface area contributed by atoms with Crippen LogP contribution in [0.5, 0.6) is 0 Å². The number of imidazole rings is 1. The summed E-state index contributed by atoms with van der Waals surface area (Å²) in [4.78, 5) is 4.22. The summed E-state index contributed by atoms with van der Waals surface area (Å²) >= 11 is 5.80. The van der Waals surface area contributed by atoms with E-state index in [4.69, 9.17) is 11.6 Å². The van der Waals surface area contributed by atoms with E-state index in [-0.39, 0.29) is 5.82 Å². The van der Waals surface area contributed by atoms with Gasteiger partial charge in [0.05, 0.1) is 0 Å². The van der Waals surface area contributed by atoms with Gasteiger partial charge in [0.1, 0.15) is 5.82 Å². The molecule has 0 bridgehead atoms. The average molecular weight is 252 g/mol. The molecule has 17 heavy (non-hydrogen) atoms. The molecule has 0 unspecified atom stereocenters. The minimum atomic E-state index is -0.357. The van der Waals surface area contributed by atoms with Crippen molar-refractivity contribution in [3.8, 4) is 0 Å². The number of aromatic nitrogens is 2. The van der Waals surface area contributed by atoms with Gasteiger partial charge >= 0.3 is 0 Å². The summed E-state index contributed by atoms with van der Waals surface area (Å²) in [6, 6.07) is 4.89. The highest BCUT2D eigenvalue weighted by molar-refractivity contribution is 6.30. The molecular weight excluding hydrogens is 241 g/mol. The van der Waals surface area contributed by atoms with Gasteiger partial charge in [0.2, 0.25) is 5.95 Å². The molecule has 88 valence electrons. The third-order valence-corrected chi connectivity index (χ3v) is 2.95. The largest absolute Gasteiger partial charge is 0.325 e. The normalized spacial score (nSPS) is 14.9. The molecule has 3 nitrogen and oxygen atoms in total. The van der Waals surface area contributed by atoms with Crippen LogP contribution in [0.1, 0.15) is 18.9 Å². The molecule has 1 N–H and O–H groups in total. The second kappa shape index (κ2) is 4.04. The van der Waals surface area contributed by atoms with E-state index in [0.717, 1.165) is 5.95 Å². The third kappa shape index (κ3) is 2.26. The SMILES string of the molecule is Fc1cc(Cl)cc(Nc2nccn2C2CC2)c1. The van der Waals surface area contributed by atoms with Gasteiger partial charge in [-0.05, 0) is 31.0 Å². The van der Waals surface area contributed by atoms with Crippen molar-refractivity contribution in [3.63, 3.8) is 0 Å². The fraction of sp³-hybridized carbons (Fsp3) is 0.250. The molecule has 0 aliphatic heterocycles. The van der Waals surface area contributed by atoms with Gasteiger partial charge in [-0.15, -0.1) is 0 Å². The number of hydrogen-bond donors (Lipinski definition) is 1. The minimum Gasteiger partial charge on any atom is -0.325 e. The zero-order valence-electron chi connectivity index (χ0n) is 9.03. The van der Waals surface area contributed by atoms with E-state index < -0.39 is 0 Å². The number of benzene rings is 1. The summed E-state index contributed by atoms with van der Waals surface area (Å²) in [6.07, 6.45) is 6.02. The van der Waals surface area contributed by atoms with Gasteiger partial charge in [-0.3, -0.25) is 0 Å². The van der Waals surface area contributed by atoms with Gasteiger partial charge in [-0.25, -0.2) is 9.37 Å². The second-order valence-electron chi connectivity index (χ2n) is 4.17. The summed E-state index contributed by atoms with van der Waals surface area (Å²) < 4.78 is 15.2. The monoisotopic (exact) mass is 251 g/mol. The molecule has 1 fully saturated rings. The highest BCUT2D eigenvalue weighted by Crippen LogP contribution is 2.37. The van der Waals surface area contributed by atoms with Gasteiger partial charge in [-0.2, -0.15) is 0 Å². The van der Waals surface area contributed by atoms with Crippen LogP contribution < -0.4 is 5.32 Å². The number of nitrogens with one attached hydrogen (secondary N) is 1. The fourth-order valence-electron chi connectivity index (χ4n) is 1.81. The minimum absolute atomic E-state index is 0.357. The zero-order chi connectivity index (χ0) is 11.8. The molecule has 1 aromatic heterocycles. The summed E-state index contributed by atoms with van der Waals surface area (Å²) in [5.41, 5.74) is 0.614. The Morgan fingerprint density at radius 1 is 1.35 bits per heavy atom. The van der Waals surface area contributed by atoms with Crippen LogP contribution in [-0.2, 0) is 0 Å². The topological polar surface area (TPSA) is 29.9 Å². The van der Waals surface area contributed by atoms with Crippen LogP contribution in [0.3, 0.4) is 0 Å². The Hall–Kier alpha value is -1.55. The van der Waals surface area contributed by atoms with Gasteiger partial charge in [0.15, 0.2) is 0 Å². The van der Waals surface area contributed by atoms with E-state index in [2.05, 4.69) is 14.9 Å². The first-order valence-electron chi connectivity index (χ1n) is 5.48. The van der Waals surface area contributed by atoms with E-state index in [1.165, 1.54) is 25.0 Å². The highest BCUT2D eigenvalue weighted by Gasteiger charge is 2.25. The standard InChI is InChI=1S/C12H11ClFN3/c13-8-5-9(14)7-10(6-8)16-12-15-3-4-17(12)11-1-2-11/h3-7,11H,1-2H2,(H,15,16). The van der Waals surface area contributed by atoms with Crippen LogP contribution in [0.15, 0.2) is 30.6 Å². The van der Waals surface area contributed by atoms with E-state index in [0.29, 0.717) is 16.8 Å². The lowest BCUT2D eigenvalue weighted by atomic mass is 10.3. The molecule has 3 rings (SSSR count). The third-order valence-electron chi connectivity index (χ3n) is 2.73. The molecule has 1 aliphatic carbocycles. The Balaban J connectivity index is 1.88. The van der Waals surface area contributed by atoms with Crippen molar-refractivity contribution in [3.05, 3.63) is 41.4 Å². The maximum absolute atomic E-state index is 13.2. The number of nitrogens with zero attached hydrogens (tertiary/aromatic N) is 2. The van der Waals surface area contributed by atoms with Crippen LogP contribution in [-0.4, -0.2) is 9.55 Å². The maximum atomic E-state index is 13.2. The van der Waals surface area contributed by atoms with E-state index in [9.17, 15) is 4.39 Å². The van der Waals surface area contributed by atoms with Crippen LogP contribution in [0.4, 0.5) is 16.0 Å². The van der Waals surface area contributed by atoms with Gasteiger partial charge < -0.3 is 9.88 Å². The molecule has 1 aromatic carbocycles. The molecule has 2 aromatic rings. The van der Waals surface area contributed by atoms with Crippen molar-refractivity contribution in [2.75, 3.05) is 5.32 Å². The van der Waals surface area contributed by atoms with Crippen LogP contribution >= 0.6 is 11.6 Å².